The Hall–Kier alpha value is -3.52. The number of non-ortho nitro benzene ring substituents is 1. The molecule has 5 rings (SSSR count). The molecule has 162 valence electrons. The van der Waals surface area contributed by atoms with Gasteiger partial charge in [0.1, 0.15) is 6.04 Å². The summed E-state index contributed by atoms with van der Waals surface area (Å²) in [6, 6.07) is 13.0. The summed E-state index contributed by atoms with van der Waals surface area (Å²) in [4.78, 5) is 28.4. The number of rotatable bonds is 3. The first-order chi connectivity index (χ1) is 15.2. The minimum absolute atomic E-state index is 0.00486. The van der Waals surface area contributed by atoms with Gasteiger partial charge in [0, 0.05) is 46.0 Å². The molecular weight excluding hydrogens is 430 g/mol. The van der Waals surface area contributed by atoms with Crippen LogP contribution >= 0.6 is 11.6 Å². The van der Waals surface area contributed by atoms with Gasteiger partial charge in [0.25, 0.3) is 5.69 Å². The Kier molecular flexibility index (Phi) is 4.63. The number of fused-ring (bicyclic) bond motifs is 1. The fourth-order valence-electron chi connectivity index (χ4n) is 4.45. The molecule has 0 spiro atoms. The van der Waals surface area contributed by atoms with E-state index in [-0.39, 0.29) is 16.9 Å². The molecule has 1 aliphatic carbocycles. The number of benzene rings is 2. The van der Waals surface area contributed by atoms with Gasteiger partial charge >= 0.3 is 0 Å². The van der Waals surface area contributed by atoms with Gasteiger partial charge in [0.05, 0.1) is 4.92 Å². The number of nitro groups is 1. The number of halogens is 1. The van der Waals surface area contributed by atoms with E-state index >= 15 is 0 Å². The van der Waals surface area contributed by atoms with Crippen LogP contribution in [0.1, 0.15) is 38.3 Å². The SMILES string of the molecule is CC1(C)CC(=O)C2=C(C1)Nc1nc(-c3ccc([N+](=O)[O-])cc3)nn1C2c1ccccc1Cl. The van der Waals surface area contributed by atoms with E-state index < -0.39 is 11.0 Å². The van der Waals surface area contributed by atoms with Crippen molar-refractivity contribution in [2.24, 2.45) is 5.41 Å². The Bertz CT molecular complexity index is 1290. The molecule has 3 aromatic rings. The van der Waals surface area contributed by atoms with E-state index in [1.54, 1.807) is 22.9 Å². The predicted molar refractivity (Wildman–Crippen MR) is 120 cm³/mol. The molecule has 1 atom stereocenters. The molecule has 0 saturated heterocycles. The van der Waals surface area contributed by atoms with Crippen molar-refractivity contribution in [3.05, 3.63) is 80.5 Å². The minimum atomic E-state index is -0.502. The molecule has 1 aliphatic heterocycles. The highest BCUT2D eigenvalue weighted by Crippen LogP contribution is 2.46. The van der Waals surface area contributed by atoms with Crippen LogP contribution in [0.2, 0.25) is 5.02 Å². The fraction of sp³-hybridized carbons (Fsp3) is 0.261. The summed E-state index contributed by atoms with van der Waals surface area (Å²) in [7, 11) is 0. The van der Waals surface area contributed by atoms with Crippen molar-refractivity contribution in [1.29, 1.82) is 0 Å². The van der Waals surface area contributed by atoms with Crippen LogP contribution in [0.15, 0.2) is 59.8 Å². The molecule has 2 heterocycles. The highest BCUT2D eigenvalue weighted by molar-refractivity contribution is 6.31. The summed E-state index contributed by atoms with van der Waals surface area (Å²) >= 11 is 6.55. The zero-order chi connectivity index (χ0) is 22.6. The summed E-state index contributed by atoms with van der Waals surface area (Å²) in [5.74, 6) is 0.977. The third-order valence-electron chi connectivity index (χ3n) is 5.87. The second kappa shape index (κ2) is 7.27. The van der Waals surface area contributed by atoms with Gasteiger partial charge in [0.2, 0.25) is 5.95 Å². The average molecular weight is 450 g/mol. The number of nitrogens with zero attached hydrogens (tertiary/aromatic N) is 4. The number of Topliss-reactive ketones (excluding diaryl/α,β-unsaturated/α-hetero) is 1. The summed E-state index contributed by atoms with van der Waals surface area (Å²) in [6.07, 6.45) is 1.14. The van der Waals surface area contributed by atoms with Gasteiger partial charge in [-0.15, -0.1) is 5.10 Å². The molecule has 0 bridgehead atoms. The number of anilines is 1. The molecule has 2 aliphatic rings. The highest BCUT2D eigenvalue weighted by atomic mass is 35.5. The van der Waals surface area contributed by atoms with E-state index in [0.717, 1.165) is 11.3 Å². The van der Waals surface area contributed by atoms with Gasteiger partial charge in [-0.3, -0.25) is 14.9 Å². The normalized spacial score (nSPS) is 19.2. The van der Waals surface area contributed by atoms with Crippen molar-refractivity contribution in [1.82, 2.24) is 14.8 Å². The standard InChI is InChI=1S/C23H20ClN5O3/c1-23(2)11-17-19(18(30)12-23)20(15-5-3-4-6-16(15)24)28-22(25-17)26-21(27-28)13-7-9-14(10-8-13)29(31)32/h3-10,20H,11-12H2,1-2H3,(H,25,26,27). The van der Waals surface area contributed by atoms with Gasteiger partial charge < -0.3 is 5.32 Å². The number of carbonyl (C=O) groups excluding carboxylic acids is 1. The molecule has 1 N–H and O–H groups in total. The third-order valence-corrected chi connectivity index (χ3v) is 6.21. The monoisotopic (exact) mass is 449 g/mol. The number of allylic oxidation sites excluding steroid dienone is 2. The van der Waals surface area contributed by atoms with E-state index in [2.05, 4.69) is 29.2 Å². The number of carbonyl (C=O) groups is 1. The number of hydrogen-bond donors (Lipinski definition) is 1. The molecule has 0 amide bonds. The third kappa shape index (κ3) is 3.36. The molecule has 1 unspecified atom stereocenters. The first kappa shape index (κ1) is 20.4. The molecule has 32 heavy (non-hydrogen) atoms. The first-order valence-corrected chi connectivity index (χ1v) is 10.6. The van der Waals surface area contributed by atoms with Crippen LogP contribution in [0, 0.1) is 15.5 Å². The largest absolute Gasteiger partial charge is 0.328 e. The van der Waals surface area contributed by atoms with Crippen LogP contribution in [0.5, 0.6) is 0 Å². The second-order valence-corrected chi connectivity index (χ2v) is 9.30. The number of ketones is 1. The van der Waals surface area contributed by atoms with Crippen LogP contribution in [-0.4, -0.2) is 25.5 Å². The molecule has 0 radical (unpaired) electrons. The second-order valence-electron chi connectivity index (χ2n) is 8.89. The fourth-order valence-corrected chi connectivity index (χ4v) is 4.69. The van der Waals surface area contributed by atoms with Crippen LogP contribution < -0.4 is 5.32 Å². The Balaban J connectivity index is 1.66. The topological polar surface area (TPSA) is 103 Å². The Labute approximate surface area is 189 Å². The van der Waals surface area contributed by atoms with Crippen molar-refractivity contribution < 1.29 is 9.72 Å². The Morgan fingerprint density at radius 3 is 2.56 bits per heavy atom. The van der Waals surface area contributed by atoms with Gasteiger partial charge in [-0.1, -0.05) is 43.6 Å². The Morgan fingerprint density at radius 2 is 1.88 bits per heavy atom. The van der Waals surface area contributed by atoms with Crippen molar-refractivity contribution in [3.63, 3.8) is 0 Å². The lowest BCUT2D eigenvalue weighted by molar-refractivity contribution is -0.384. The zero-order valence-corrected chi connectivity index (χ0v) is 18.3. The Morgan fingerprint density at radius 1 is 1.16 bits per heavy atom. The average Bonchev–Trinajstić information content (AvgIpc) is 3.15. The molecule has 9 heteroatoms. The van der Waals surface area contributed by atoms with Gasteiger partial charge in [-0.05, 0) is 30.0 Å². The van der Waals surface area contributed by atoms with Crippen LogP contribution in [0.25, 0.3) is 11.4 Å². The van der Waals surface area contributed by atoms with E-state index in [9.17, 15) is 14.9 Å². The molecule has 0 saturated carbocycles. The minimum Gasteiger partial charge on any atom is -0.328 e. The van der Waals surface area contributed by atoms with Crippen LogP contribution in [0.3, 0.4) is 0 Å². The maximum atomic E-state index is 13.3. The molecule has 0 fully saturated rings. The van der Waals surface area contributed by atoms with Crippen molar-refractivity contribution in [3.8, 4) is 11.4 Å². The first-order valence-electron chi connectivity index (χ1n) is 10.2. The van der Waals surface area contributed by atoms with E-state index in [0.29, 0.717) is 40.8 Å². The van der Waals surface area contributed by atoms with Crippen molar-refractivity contribution in [2.45, 2.75) is 32.7 Å². The van der Waals surface area contributed by atoms with E-state index in [1.165, 1.54) is 12.1 Å². The maximum Gasteiger partial charge on any atom is 0.269 e. The van der Waals surface area contributed by atoms with Crippen LogP contribution in [0.4, 0.5) is 11.6 Å². The molecule has 1 aromatic heterocycles. The molecule has 8 nitrogen and oxygen atoms in total. The van der Waals surface area contributed by atoms with E-state index in [4.69, 9.17) is 11.6 Å². The number of aromatic nitrogens is 3. The maximum absolute atomic E-state index is 13.3. The molecular formula is C23H20ClN5O3. The number of hydrogen-bond acceptors (Lipinski definition) is 6. The number of nitro benzene ring substituents is 1. The predicted octanol–water partition coefficient (Wildman–Crippen LogP) is 5.16. The summed E-state index contributed by atoms with van der Waals surface area (Å²) < 4.78 is 1.69. The molecule has 2 aromatic carbocycles. The summed E-state index contributed by atoms with van der Waals surface area (Å²) in [6.45, 7) is 4.14. The van der Waals surface area contributed by atoms with Gasteiger partial charge in [-0.25, -0.2) is 4.68 Å². The zero-order valence-electron chi connectivity index (χ0n) is 17.5. The van der Waals surface area contributed by atoms with Crippen molar-refractivity contribution in [2.75, 3.05) is 5.32 Å². The highest BCUT2D eigenvalue weighted by Gasteiger charge is 2.42. The van der Waals surface area contributed by atoms with Gasteiger partial charge in [0.15, 0.2) is 11.6 Å². The lowest BCUT2D eigenvalue weighted by atomic mass is 9.73. The quantitative estimate of drug-likeness (QED) is 0.437. The lowest BCUT2D eigenvalue weighted by Crippen LogP contribution is -2.36. The van der Waals surface area contributed by atoms with E-state index in [1.807, 2.05) is 18.2 Å². The van der Waals surface area contributed by atoms with Crippen LogP contribution in [-0.2, 0) is 4.79 Å². The van der Waals surface area contributed by atoms with Crippen molar-refractivity contribution >= 4 is 29.0 Å². The number of nitrogens with one attached hydrogen (secondary N) is 1. The smallest absolute Gasteiger partial charge is 0.269 e. The lowest BCUT2D eigenvalue weighted by Gasteiger charge is -2.38. The van der Waals surface area contributed by atoms with Gasteiger partial charge in [-0.2, -0.15) is 4.98 Å². The summed E-state index contributed by atoms with van der Waals surface area (Å²) in [5, 5.41) is 19.5. The summed E-state index contributed by atoms with van der Waals surface area (Å²) in [5.41, 5.74) is 2.74.